The Labute approximate surface area is 129 Å². The van der Waals surface area contributed by atoms with Gasteiger partial charge in [0.15, 0.2) is 0 Å². The first kappa shape index (κ1) is 16.0. The summed E-state index contributed by atoms with van der Waals surface area (Å²) in [4.78, 5) is 0. The van der Waals surface area contributed by atoms with Gasteiger partial charge in [-0.25, -0.2) is 0 Å². The van der Waals surface area contributed by atoms with Crippen molar-refractivity contribution in [2.45, 2.75) is 78.3 Å². The first-order valence-corrected chi connectivity index (χ1v) is 9.22. The molecule has 1 fully saturated rings. The smallest absolute Gasteiger partial charge is 0.00820 e. The van der Waals surface area contributed by atoms with Crippen LogP contribution >= 0.6 is 11.3 Å². The topological polar surface area (TPSA) is 12.0 Å². The maximum atomic E-state index is 3.85. The first-order chi connectivity index (χ1) is 9.51. The summed E-state index contributed by atoms with van der Waals surface area (Å²) in [7, 11) is 0. The van der Waals surface area contributed by atoms with Crippen LogP contribution in [0.5, 0.6) is 0 Å². The van der Waals surface area contributed by atoms with Crippen LogP contribution in [-0.2, 0) is 6.42 Å². The average Bonchev–Trinajstić information content (AvgIpc) is 2.92. The molecular weight excluding hydrogens is 262 g/mol. The summed E-state index contributed by atoms with van der Waals surface area (Å²) in [6.45, 7) is 9.57. The molecule has 2 rings (SSSR count). The molecule has 0 aliphatic heterocycles. The van der Waals surface area contributed by atoms with Crippen molar-refractivity contribution in [1.29, 1.82) is 0 Å². The van der Waals surface area contributed by atoms with Crippen LogP contribution in [0.1, 0.15) is 65.4 Å². The molecule has 20 heavy (non-hydrogen) atoms. The summed E-state index contributed by atoms with van der Waals surface area (Å²) >= 11 is 1.81. The molecule has 1 aliphatic carbocycles. The molecule has 0 spiro atoms. The Kier molecular flexibility index (Phi) is 5.68. The van der Waals surface area contributed by atoms with E-state index in [1.165, 1.54) is 44.1 Å². The van der Waals surface area contributed by atoms with E-state index in [4.69, 9.17) is 0 Å². The predicted molar refractivity (Wildman–Crippen MR) is 90.4 cm³/mol. The summed E-state index contributed by atoms with van der Waals surface area (Å²) in [5.74, 6) is 0.928. The fraction of sp³-hybridized carbons (Fsp3) is 0.778. The number of nitrogens with one attached hydrogen (secondary N) is 1. The van der Waals surface area contributed by atoms with Gasteiger partial charge in [-0.15, -0.1) is 0 Å². The molecule has 1 unspecified atom stereocenters. The van der Waals surface area contributed by atoms with Gasteiger partial charge in [-0.1, -0.05) is 27.2 Å². The maximum Gasteiger partial charge on any atom is 0.00820 e. The third-order valence-corrected chi connectivity index (χ3v) is 6.12. The molecule has 1 saturated carbocycles. The van der Waals surface area contributed by atoms with Crippen molar-refractivity contribution in [3.8, 4) is 0 Å². The van der Waals surface area contributed by atoms with Gasteiger partial charge in [0.05, 0.1) is 0 Å². The molecule has 1 N–H and O–H groups in total. The Morgan fingerprint density at radius 1 is 1.30 bits per heavy atom. The highest BCUT2D eigenvalue weighted by molar-refractivity contribution is 7.07. The van der Waals surface area contributed by atoms with Gasteiger partial charge in [-0.05, 0) is 72.8 Å². The molecule has 1 aromatic rings. The molecule has 1 nitrogen and oxygen atoms in total. The van der Waals surface area contributed by atoms with E-state index in [0.29, 0.717) is 11.5 Å². The van der Waals surface area contributed by atoms with Crippen molar-refractivity contribution in [1.82, 2.24) is 5.32 Å². The van der Waals surface area contributed by atoms with Crippen molar-refractivity contribution < 1.29 is 0 Å². The highest BCUT2D eigenvalue weighted by Gasteiger charge is 2.31. The lowest BCUT2D eigenvalue weighted by Crippen LogP contribution is -2.41. The predicted octanol–water partition coefficient (Wildman–Crippen LogP) is 5.26. The molecule has 1 aliphatic rings. The summed E-state index contributed by atoms with van der Waals surface area (Å²) in [5.41, 5.74) is 2.02. The third-order valence-electron chi connectivity index (χ3n) is 5.39. The van der Waals surface area contributed by atoms with E-state index in [-0.39, 0.29) is 0 Å². The molecular formula is C18H31NS. The largest absolute Gasteiger partial charge is 0.311 e. The molecule has 0 bridgehead atoms. The average molecular weight is 294 g/mol. The Morgan fingerprint density at radius 3 is 2.55 bits per heavy atom. The zero-order valence-corrected chi connectivity index (χ0v) is 14.4. The second-order valence-corrected chi connectivity index (χ2v) is 8.07. The quantitative estimate of drug-likeness (QED) is 0.754. The van der Waals surface area contributed by atoms with Crippen molar-refractivity contribution in [3.05, 3.63) is 22.4 Å². The Hall–Kier alpha value is -0.340. The highest BCUT2D eigenvalue weighted by atomic mass is 32.1. The molecule has 114 valence electrons. The maximum absolute atomic E-state index is 3.85. The van der Waals surface area contributed by atoms with Crippen LogP contribution in [-0.4, -0.2) is 12.1 Å². The fourth-order valence-corrected chi connectivity index (χ4v) is 4.24. The fourth-order valence-electron chi connectivity index (χ4n) is 3.55. The van der Waals surface area contributed by atoms with Gasteiger partial charge < -0.3 is 5.32 Å². The van der Waals surface area contributed by atoms with Crippen LogP contribution in [0.4, 0.5) is 0 Å². The Morgan fingerprint density at radius 2 is 2.00 bits per heavy atom. The van der Waals surface area contributed by atoms with E-state index in [2.05, 4.69) is 49.8 Å². The number of hydrogen-bond acceptors (Lipinski definition) is 2. The molecule has 1 atom stereocenters. The Balaban J connectivity index is 1.74. The first-order valence-electron chi connectivity index (χ1n) is 8.28. The van der Waals surface area contributed by atoms with Gasteiger partial charge in [-0.2, -0.15) is 11.3 Å². The van der Waals surface area contributed by atoms with Crippen LogP contribution < -0.4 is 5.32 Å². The van der Waals surface area contributed by atoms with E-state index in [9.17, 15) is 0 Å². The van der Waals surface area contributed by atoms with Gasteiger partial charge in [0.1, 0.15) is 0 Å². The molecule has 0 radical (unpaired) electrons. The van der Waals surface area contributed by atoms with Gasteiger partial charge in [-0.3, -0.25) is 0 Å². The van der Waals surface area contributed by atoms with Gasteiger partial charge in [0, 0.05) is 12.1 Å². The van der Waals surface area contributed by atoms with Crippen molar-refractivity contribution >= 4 is 11.3 Å². The molecule has 1 aromatic heterocycles. The van der Waals surface area contributed by atoms with Crippen molar-refractivity contribution in [2.75, 3.05) is 0 Å². The zero-order valence-electron chi connectivity index (χ0n) is 13.6. The van der Waals surface area contributed by atoms with Gasteiger partial charge in [0.2, 0.25) is 0 Å². The molecule has 1 heterocycles. The normalized spacial score (nSPS) is 25.6. The van der Waals surface area contributed by atoms with Crippen molar-refractivity contribution in [2.24, 2.45) is 11.3 Å². The highest BCUT2D eigenvalue weighted by Crippen LogP contribution is 2.40. The minimum atomic E-state index is 0.535. The second-order valence-electron chi connectivity index (χ2n) is 7.29. The number of hydrogen-bond donors (Lipinski definition) is 1. The van der Waals surface area contributed by atoms with Gasteiger partial charge >= 0.3 is 0 Å². The van der Waals surface area contributed by atoms with E-state index >= 15 is 0 Å². The third kappa shape index (κ3) is 4.33. The standard InChI is InChI=1S/C18H31NS/c1-5-18(3,4)16-6-8-17(9-7-16)19-14(2)12-15-10-11-20-13-15/h10-11,13-14,16-17,19H,5-9,12H2,1-4H3. The van der Waals surface area contributed by atoms with E-state index < -0.39 is 0 Å². The summed E-state index contributed by atoms with van der Waals surface area (Å²) in [5, 5.41) is 8.31. The minimum absolute atomic E-state index is 0.535. The molecule has 0 amide bonds. The molecule has 0 saturated heterocycles. The summed E-state index contributed by atoms with van der Waals surface area (Å²) in [6.07, 6.45) is 8.02. The Bertz CT molecular complexity index is 374. The molecule has 0 aromatic carbocycles. The SMILES string of the molecule is CCC(C)(C)C1CCC(NC(C)Cc2ccsc2)CC1. The summed E-state index contributed by atoms with van der Waals surface area (Å²) in [6, 6.07) is 3.60. The van der Waals surface area contributed by atoms with Crippen molar-refractivity contribution in [3.63, 3.8) is 0 Å². The van der Waals surface area contributed by atoms with Gasteiger partial charge in [0.25, 0.3) is 0 Å². The lowest BCUT2D eigenvalue weighted by atomic mass is 9.69. The van der Waals surface area contributed by atoms with E-state index in [1.54, 1.807) is 11.3 Å². The van der Waals surface area contributed by atoms with Crippen LogP contribution in [0.3, 0.4) is 0 Å². The van der Waals surface area contributed by atoms with Crippen LogP contribution in [0.25, 0.3) is 0 Å². The summed E-state index contributed by atoms with van der Waals surface area (Å²) < 4.78 is 0. The molecule has 2 heteroatoms. The minimum Gasteiger partial charge on any atom is -0.311 e. The number of rotatable bonds is 6. The number of thiophene rings is 1. The monoisotopic (exact) mass is 293 g/mol. The van der Waals surface area contributed by atoms with Crippen LogP contribution in [0.2, 0.25) is 0 Å². The lowest BCUT2D eigenvalue weighted by Gasteiger charge is -2.39. The lowest BCUT2D eigenvalue weighted by molar-refractivity contribution is 0.134. The second kappa shape index (κ2) is 7.09. The zero-order chi connectivity index (χ0) is 14.6. The van der Waals surface area contributed by atoms with Crippen LogP contribution in [0, 0.1) is 11.3 Å². The van der Waals surface area contributed by atoms with Crippen LogP contribution in [0.15, 0.2) is 16.8 Å². The van der Waals surface area contributed by atoms with E-state index in [0.717, 1.165) is 12.0 Å². The van der Waals surface area contributed by atoms with E-state index in [1.807, 2.05) is 0 Å².